The molecule has 0 fully saturated rings. The molecule has 3 nitrogen and oxygen atoms in total. The van der Waals surface area contributed by atoms with Gasteiger partial charge < -0.3 is 5.32 Å². The molecule has 16 heavy (non-hydrogen) atoms. The summed E-state index contributed by atoms with van der Waals surface area (Å²) < 4.78 is 0. The highest BCUT2D eigenvalue weighted by atomic mass is 35.5. The van der Waals surface area contributed by atoms with E-state index in [1.54, 1.807) is 0 Å². The van der Waals surface area contributed by atoms with Crippen molar-refractivity contribution in [1.29, 1.82) is 0 Å². The monoisotopic (exact) mass is 241 g/mol. The minimum atomic E-state index is 0.157. The highest BCUT2D eigenvalue weighted by Gasteiger charge is 2.21. The van der Waals surface area contributed by atoms with Gasteiger partial charge in [0, 0.05) is 6.04 Å². The topological polar surface area (TPSA) is 37.8 Å². The molecule has 0 amide bonds. The van der Waals surface area contributed by atoms with Crippen molar-refractivity contribution in [3.05, 3.63) is 16.5 Å². The Balaban J connectivity index is 2.94. The maximum Gasteiger partial charge on any atom is 0.171 e. The van der Waals surface area contributed by atoms with Gasteiger partial charge in [0.05, 0.1) is 11.4 Å². The fraction of sp³-hybridized carbons (Fsp3) is 0.667. The second kappa shape index (κ2) is 4.58. The molecular formula is C12H20ClN3. The first-order valence-corrected chi connectivity index (χ1v) is 5.87. The van der Waals surface area contributed by atoms with Crippen LogP contribution in [0.3, 0.4) is 0 Å². The molecule has 0 radical (unpaired) electrons. The summed E-state index contributed by atoms with van der Waals surface area (Å²) in [4.78, 5) is 8.67. The van der Waals surface area contributed by atoms with Gasteiger partial charge in [0.2, 0.25) is 0 Å². The largest absolute Gasteiger partial charge is 0.365 e. The predicted octanol–water partition coefficient (Wildman–Crippen LogP) is 3.59. The van der Waals surface area contributed by atoms with E-state index in [1.165, 1.54) is 0 Å². The standard InChI is InChI=1S/C12H20ClN3/c1-7-8(2)15-11(10(13)14-7)16-9(3)12(4,5)6/h9H,1-6H3,(H,15,16). The van der Waals surface area contributed by atoms with Gasteiger partial charge in [-0.1, -0.05) is 32.4 Å². The molecule has 0 bridgehead atoms. The fourth-order valence-corrected chi connectivity index (χ4v) is 1.31. The molecule has 1 rings (SSSR count). The lowest BCUT2D eigenvalue weighted by Crippen LogP contribution is -2.31. The number of hydrogen-bond donors (Lipinski definition) is 1. The van der Waals surface area contributed by atoms with Crippen molar-refractivity contribution in [1.82, 2.24) is 9.97 Å². The van der Waals surface area contributed by atoms with Crippen molar-refractivity contribution in [2.24, 2.45) is 5.41 Å². The number of anilines is 1. The SMILES string of the molecule is Cc1nc(Cl)c(NC(C)C(C)(C)C)nc1C. The first-order chi connectivity index (χ1) is 7.21. The third-order valence-corrected chi connectivity index (χ3v) is 3.18. The van der Waals surface area contributed by atoms with Crippen molar-refractivity contribution in [3.8, 4) is 0 Å². The van der Waals surface area contributed by atoms with Gasteiger partial charge in [0.25, 0.3) is 0 Å². The summed E-state index contributed by atoms with van der Waals surface area (Å²) in [7, 11) is 0. The zero-order valence-corrected chi connectivity index (χ0v) is 11.6. The van der Waals surface area contributed by atoms with E-state index in [-0.39, 0.29) is 11.5 Å². The lowest BCUT2D eigenvalue weighted by atomic mass is 9.88. The zero-order chi connectivity index (χ0) is 12.5. The van der Waals surface area contributed by atoms with Gasteiger partial charge >= 0.3 is 0 Å². The van der Waals surface area contributed by atoms with E-state index in [2.05, 4.69) is 43.0 Å². The van der Waals surface area contributed by atoms with E-state index < -0.39 is 0 Å². The van der Waals surface area contributed by atoms with Crippen LogP contribution < -0.4 is 5.32 Å². The summed E-state index contributed by atoms with van der Waals surface area (Å²) in [5.74, 6) is 0.673. The van der Waals surface area contributed by atoms with E-state index in [9.17, 15) is 0 Å². The van der Waals surface area contributed by atoms with E-state index in [1.807, 2.05) is 13.8 Å². The lowest BCUT2D eigenvalue weighted by molar-refractivity contribution is 0.358. The average molecular weight is 242 g/mol. The number of rotatable bonds is 2. The molecule has 4 heteroatoms. The number of nitrogens with one attached hydrogen (secondary N) is 1. The van der Waals surface area contributed by atoms with Crippen LogP contribution in [0.15, 0.2) is 0 Å². The molecule has 1 N–H and O–H groups in total. The highest BCUT2D eigenvalue weighted by Crippen LogP contribution is 2.25. The Kier molecular flexibility index (Phi) is 3.79. The van der Waals surface area contributed by atoms with E-state index in [0.717, 1.165) is 11.4 Å². The first kappa shape index (κ1) is 13.2. The summed E-state index contributed by atoms with van der Waals surface area (Å²) in [6.07, 6.45) is 0. The second-order valence-electron chi connectivity index (χ2n) is 5.27. The minimum Gasteiger partial charge on any atom is -0.365 e. The van der Waals surface area contributed by atoms with Crippen LogP contribution in [0.5, 0.6) is 0 Å². The molecule has 1 atom stereocenters. The quantitative estimate of drug-likeness (QED) is 0.860. The zero-order valence-electron chi connectivity index (χ0n) is 10.8. The van der Waals surface area contributed by atoms with Crippen LogP contribution >= 0.6 is 11.6 Å². The summed E-state index contributed by atoms with van der Waals surface area (Å²) in [6, 6.07) is 0.279. The first-order valence-electron chi connectivity index (χ1n) is 5.49. The Bertz CT molecular complexity index is 383. The number of aromatic nitrogens is 2. The Morgan fingerprint density at radius 1 is 1.12 bits per heavy atom. The lowest BCUT2D eigenvalue weighted by Gasteiger charge is -2.28. The summed E-state index contributed by atoms with van der Waals surface area (Å²) in [5, 5.41) is 3.76. The van der Waals surface area contributed by atoms with Crippen molar-refractivity contribution in [2.75, 3.05) is 5.32 Å². The summed E-state index contributed by atoms with van der Waals surface area (Å²) in [6.45, 7) is 12.5. The molecule has 0 aliphatic heterocycles. The van der Waals surface area contributed by atoms with Gasteiger partial charge in [-0.15, -0.1) is 0 Å². The van der Waals surface area contributed by atoms with Gasteiger partial charge in [-0.05, 0) is 26.2 Å². The van der Waals surface area contributed by atoms with Crippen LogP contribution in [-0.2, 0) is 0 Å². The van der Waals surface area contributed by atoms with Crippen molar-refractivity contribution >= 4 is 17.4 Å². The van der Waals surface area contributed by atoms with E-state index >= 15 is 0 Å². The van der Waals surface area contributed by atoms with Crippen LogP contribution in [0.2, 0.25) is 5.15 Å². The predicted molar refractivity (Wildman–Crippen MR) is 69.1 cm³/mol. The number of halogens is 1. The Morgan fingerprint density at radius 2 is 1.62 bits per heavy atom. The summed E-state index contributed by atoms with van der Waals surface area (Å²) in [5.41, 5.74) is 1.94. The normalized spacial score (nSPS) is 13.7. The van der Waals surface area contributed by atoms with Crippen LogP contribution in [-0.4, -0.2) is 16.0 Å². The van der Waals surface area contributed by atoms with Gasteiger partial charge in [0.1, 0.15) is 0 Å². The average Bonchev–Trinajstić information content (AvgIpc) is 2.12. The van der Waals surface area contributed by atoms with E-state index in [4.69, 9.17) is 11.6 Å². The molecule has 1 heterocycles. The van der Waals surface area contributed by atoms with Crippen molar-refractivity contribution < 1.29 is 0 Å². The number of nitrogens with zero attached hydrogens (tertiary/aromatic N) is 2. The second-order valence-corrected chi connectivity index (χ2v) is 5.62. The molecule has 90 valence electrons. The van der Waals surface area contributed by atoms with Gasteiger partial charge in [-0.3, -0.25) is 0 Å². The molecule has 0 aliphatic rings. The Morgan fingerprint density at radius 3 is 2.12 bits per heavy atom. The molecule has 1 aromatic rings. The van der Waals surface area contributed by atoms with Gasteiger partial charge in [0.15, 0.2) is 11.0 Å². The number of hydrogen-bond acceptors (Lipinski definition) is 3. The van der Waals surface area contributed by atoms with Crippen molar-refractivity contribution in [3.63, 3.8) is 0 Å². The maximum absolute atomic E-state index is 6.06. The number of aryl methyl sites for hydroxylation is 2. The maximum atomic E-state index is 6.06. The Labute approximate surface area is 103 Å². The smallest absolute Gasteiger partial charge is 0.171 e. The third kappa shape index (κ3) is 3.08. The minimum absolute atomic E-state index is 0.157. The highest BCUT2D eigenvalue weighted by molar-refractivity contribution is 6.31. The molecule has 0 aliphatic carbocycles. The molecule has 0 aromatic carbocycles. The van der Waals surface area contributed by atoms with Crippen LogP contribution in [0.1, 0.15) is 39.1 Å². The summed E-state index contributed by atoms with van der Waals surface area (Å²) >= 11 is 6.06. The molecule has 0 spiro atoms. The van der Waals surface area contributed by atoms with Crippen molar-refractivity contribution in [2.45, 2.75) is 47.6 Å². The van der Waals surface area contributed by atoms with Crippen LogP contribution in [0, 0.1) is 19.3 Å². The molecule has 0 saturated carbocycles. The fourth-order valence-electron chi connectivity index (χ4n) is 1.09. The van der Waals surface area contributed by atoms with Crippen LogP contribution in [0.4, 0.5) is 5.82 Å². The molecular weight excluding hydrogens is 222 g/mol. The Hall–Kier alpha value is -0.830. The van der Waals surface area contributed by atoms with Crippen LogP contribution in [0.25, 0.3) is 0 Å². The molecule has 1 aromatic heterocycles. The molecule has 1 unspecified atom stereocenters. The van der Waals surface area contributed by atoms with Gasteiger partial charge in [-0.2, -0.15) is 0 Å². The third-order valence-electron chi connectivity index (χ3n) is 2.92. The van der Waals surface area contributed by atoms with Gasteiger partial charge in [-0.25, -0.2) is 9.97 Å². The van der Waals surface area contributed by atoms with E-state index in [0.29, 0.717) is 11.0 Å². The molecule has 0 saturated heterocycles.